The van der Waals surface area contributed by atoms with E-state index < -0.39 is 29.2 Å². The Hall–Kier alpha value is -10.6. The lowest BCUT2D eigenvalue weighted by Gasteiger charge is -2.37. The lowest BCUT2D eigenvalue weighted by molar-refractivity contribution is -0.128. The lowest BCUT2D eigenvalue weighted by atomic mass is 9.85. The SMILES string of the molecule is C#Cc1ccc(C2(F)CCN(C(=O)c3cc(NC(=O)NC[C@H]4CCCO4)c(CC)cc3C)CC2)cc1.C#Cc1ccc(C2(F)CCN(C(=O)c3cc(NC(=O)OC4CCN(C(C)=O)C4)ccc3C)CC2)cc1.C#Cc1ccc(C2(F)CCN(C(=O)c3cc(NC(=O)O[C@@H]4CCOC4)ccc3C)CC2)cc1. The third-order valence-electron chi connectivity index (χ3n) is 20.5. The molecule has 6 aliphatic rings. The molecule has 6 fully saturated rings. The topological polar surface area (TPSA) is 217 Å². The van der Waals surface area contributed by atoms with E-state index in [9.17, 15) is 33.6 Å². The summed E-state index contributed by atoms with van der Waals surface area (Å²) in [6, 6.07) is 34.4. The number of anilines is 3. The normalized spacial score (nSPS) is 19.1. The number of alkyl halides is 3. The molecule has 0 saturated carbocycles. The Morgan fingerprint density at radius 2 is 0.943 bits per heavy atom. The smallest absolute Gasteiger partial charge is 0.411 e. The molecule has 6 aromatic rings. The fourth-order valence-corrected chi connectivity index (χ4v) is 13.9. The number of aryl methyl sites for hydroxylation is 4. The van der Waals surface area contributed by atoms with Crippen molar-refractivity contribution in [1.29, 1.82) is 0 Å². The first-order valence-corrected chi connectivity index (χ1v) is 35.8. The van der Waals surface area contributed by atoms with Crippen molar-refractivity contribution in [2.75, 3.05) is 94.7 Å². The molecule has 6 heterocycles. The van der Waals surface area contributed by atoms with E-state index >= 15 is 13.2 Å². The Morgan fingerprint density at radius 3 is 1.31 bits per heavy atom. The maximum Gasteiger partial charge on any atom is 0.411 e. The van der Waals surface area contributed by atoms with Gasteiger partial charge in [0.15, 0.2) is 0 Å². The highest BCUT2D eigenvalue weighted by Gasteiger charge is 2.41. The first kappa shape index (κ1) is 77.0. The molecule has 6 saturated heterocycles. The molecule has 1 unspecified atom stereocenters. The number of likely N-dealkylation sites (tertiary alicyclic amines) is 4. The van der Waals surface area contributed by atoms with Crippen LogP contribution in [-0.4, -0.2) is 158 Å². The number of amides is 8. The van der Waals surface area contributed by atoms with Gasteiger partial charge < -0.3 is 49.2 Å². The van der Waals surface area contributed by atoms with Crippen LogP contribution >= 0.6 is 0 Å². The minimum atomic E-state index is -1.51. The zero-order valence-corrected chi connectivity index (χ0v) is 60.2. The van der Waals surface area contributed by atoms with Crippen LogP contribution in [-0.2, 0) is 47.2 Å². The second-order valence-electron chi connectivity index (χ2n) is 27.6. The van der Waals surface area contributed by atoms with Gasteiger partial charge in [0.25, 0.3) is 17.7 Å². The van der Waals surface area contributed by atoms with E-state index in [1.165, 1.54) is 6.92 Å². The van der Waals surface area contributed by atoms with Gasteiger partial charge in [-0.15, -0.1) is 19.3 Å². The molecule has 0 spiro atoms. The van der Waals surface area contributed by atoms with Crippen molar-refractivity contribution in [3.05, 3.63) is 194 Å². The molecule has 0 aromatic heterocycles. The van der Waals surface area contributed by atoms with Crippen LogP contribution in [0.1, 0.15) is 165 Å². The van der Waals surface area contributed by atoms with E-state index in [0.717, 1.165) is 41.7 Å². The van der Waals surface area contributed by atoms with Gasteiger partial charge in [-0.05, 0) is 146 Å². The summed E-state index contributed by atoms with van der Waals surface area (Å²) in [4.78, 5) is 95.0. The fourth-order valence-electron chi connectivity index (χ4n) is 13.9. The lowest BCUT2D eigenvalue weighted by Crippen LogP contribution is -2.43. The van der Waals surface area contributed by atoms with E-state index in [1.807, 2.05) is 33.8 Å². The maximum atomic E-state index is 15.7. The van der Waals surface area contributed by atoms with E-state index in [-0.39, 0.29) is 99.6 Å². The van der Waals surface area contributed by atoms with Gasteiger partial charge in [-0.3, -0.25) is 29.8 Å². The van der Waals surface area contributed by atoms with E-state index in [2.05, 4.69) is 39.0 Å². The Bertz CT molecular complexity index is 4260. The van der Waals surface area contributed by atoms with Crippen LogP contribution < -0.4 is 21.3 Å². The summed E-state index contributed by atoms with van der Waals surface area (Å²) in [5, 5.41) is 11.1. The number of piperidine rings is 3. The highest BCUT2D eigenvalue weighted by atomic mass is 19.2. The molecule has 0 bridgehead atoms. The predicted octanol–water partition coefficient (Wildman–Crippen LogP) is 13.6. The quantitative estimate of drug-likeness (QED) is 0.0752. The molecule has 3 atom stereocenters. The minimum Gasteiger partial charge on any atom is -0.444 e. The van der Waals surface area contributed by atoms with Crippen LogP contribution in [0.25, 0.3) is 0 Å². The van der Waals surface area contributed by atoms with Crippen molar-refractivity contribution in [3.8, 4) is 37.0 Å². The van der Waals surface area contributed by atoms with Gasteiger partial charge in [-0.25, -0.2) is 27.6 Å². The molecule has 19 nitrogen and oxygen atoms in total. The minimum absolute atomic E-state index is 0.0484. The van der Waals surface area contributed by atoms with Crippen molar-refractivity contribution in [2.24, 2.45) is 0 Å². The van der Waals surface area contributed by atoms with Crippen LogP contribution in [0.2, 0.25) is 0 Å². The summed E-state index contributed by atoms with van der Waals surface area (Å²) in [5.74, 6) is 7.03. The first-order chi connectivity index (χ1) is 50.4. The van der Waals surface area contributed by atoms with Gasteiger partial charge >= 0.3 is 18.2 Å². The van der Waals surface area contributed by atoms with Gasteiger partial charge in [-0.1, -0.05) is 79.3 Å². The first-order valence-electron chi connectivity index (χ1n) is 35.8. The maximum absolute atomic E-state index is 15.7. The Kier molecular flexibility index (Phi) is 25.5. The number of nitrogens with zero attached hydrogens (tertiary/aromatic N) is 4. The number of nitrogens with one attached hydrogen (secondary N) is 4. The molecular formula is C83H91F3N8O11. The standard InChI is InChI=1S/C29H34FN3O3.C28H30FN3O4.C26H27FN2O4/c1-4-21-8-10-23(11-9-21)29(30)12-14-33(15-13-29)27(34)25-18-26(22(5-2)17-20(25)3)32-28(35)31-19-24-7-6-16-36-24;1-4-21-6-8-22(9-7-21)28(29)12-15-31(16-13-28)26(34)25-17-23(10-5-19(25)2)30-27(35)36-24-11-14-32(18-24)20(3)33;1-3-19-5-7-20(8-6-19)26(27)11-13-29(14-12-26)24(30)23-16-21(9-4-18(23)2)28-25(31)33-22-10-15-32-17-22/h1,8-11,17-18,24H,5-7,12-16,19H2,2-3H3,(H2,31,32,35);1,5-10,17,24H,11-16,18H2,2-3H3,(H,30,35);1,4-9,16,22H,10-15,17H2,2H3,(H,28,31)/t24-;;22-/m1.1/s1. The third kappa shape index (κ3) is 19.6. The van der Waals surface area contributed by atoms with Gasteiger partial charge in [0.2, 0.25) is 5.91 Å². The Labute approximate surface area is 612 Å². The number of hydrogen-bond acceptors (Lipinski definition) is 11. The summed E-state index contributed by atoms with van der Waals surface area (Å²) in [6.07, 6.45) is 19.5. The molecule has 6 aromatic carbocycles. The summed E-state index contributed by atoms with van der Waals surface area (Å²) in [7, 11) is 0. The molecule has 4 N–H and O–H groups in total. The Morgan fingerprint density at radius 1 is 0.514 bits per heavy atom. The number of carbonyl (C=O) groups is 7. The molecule has 550 valence electrons. The molecular weight excluding hydrogens is 1340 g/mol. The van der Waals surface area contributed by atoms with E-state index in [1.54, 1.807) is 135 Å². The Balaban J connectivity index is 0.000000169. The fraction of sp³-hybridized carbons (Fsp3) is 0.410. The second kappa shape index (κ2) is 34.8. The highest BCUT2D eigenvalue weighted by molar-refractivity contribution is 6.00. The number of carbonyl (C=O) groups excluding carboxylic acids is 7. The van der Waals surface area contributed by atoms with Crippen LogP contribution in [0, 0.1) is 57.8 Å². The van der Waals surface area contributed by atoms with Crippen molar-refractivity contribution in [2.45, 2.75) is 141 Å². The number of benzene rings is 6. The number of hydrogen-bond donors (Lipinski definition) is 4. The van der Waals surface area contributed by atoms with Crippen LogP contribution in [0.5, 0.6) is 0 Å². The van der Waals surface area contributed by atoms with E-state index in [0.29, 0.717) is 145 Å². The number of ether oxygens (including phenoxy) is 4. The van der Waals surface area contributed by atoms with Crippen molar-refractivity contribution in [1.82, 2.24) is 24.9 Å². The molecule has 0 radical (unpaired) electrons. The summed E-state index contributed by atoms with van der Waals surface area (Å²) in [6.45, 7) is 13.9. The van der Waals surface area contributed by atoms with Crippen LogP contribution in [0.15, 0.2) is 121 Å². The van der Waals surface area contributed by atoms with Gasteiger partial charge in [0, 0.05) is 168 Å². The zero-order chi connectivity index (χ0) is 75.0. The molecule has 105 heavy (non-hydrogen) atoms. The van der Waals surface area contributed by atoms with Gasteiger partial charge in [-0.2, -0.15) is 0 Å². The van der Waals surface area contributed by atoms with Crippen molar-refractivity contribution in [3.63, 3.8) is 0 Å². The largest absolute Gasteiger partial charge is 0.444 e. The number of terminal acetylenes is 3. The predicted molar refractivity (Wildman–Crippen MR) is 396 cm³/mol. The van der Waals surface area contributed by atoms with Gasteiger partial charge in [0.05, 0.1) is 25.9 Å². The number of halogens is 3. The average molecular weight is 1430 g/mol. The third-order valence-corrected chi connectivity index (χ3v) is 20.5. The van der Waals surface area contributed by atoms with Crippen molar-refractivity contribution >= 4 is 58.9 Å². The average Bonchev–Trinajstić information content (AvgIpc) is 0.855. The molecule has 0 aliphatic carbocycles. The summed E-state index contributed by atoms with van der Waals surface area (Å²) >= 11 is 0. The molecule has 12 rings (SSSR count). The van der Waals surface area contributed by atoms with Gasteiger partial charge in [0.1, 0.15) is 29.2 Å². The highest BCUT2D eigenvalue weighted by Crippen LogP contribution is 2.41. The summed E-state index contributed by atoms with van der Waals surface area (Å²) in [5.41, 5.74) is 5.67. The zero-order valence-electron chi connectivity index (χ0n) is 60.2. The van der Waals surface area contributed by atoms with Crippen LogP contribution in [0.4, 0.5) is 44.6 Å². The summed E-state index contributed by atoms with van der Waals surface area (Å²) < 4.78 is 68.4. The van der Waals surface area contributed by atoms with E-state index in [4.69, 9.17) is 38.2 Å². The monoisotopic (exact) mass is 1430 g/mol. The molecule has 8 amide bonds. The molecule has 6 aliphatic heterocycles. The number of rotatable bonds is 14. The van der Waals surface area contributed by atoms with Crippen LogP contribution in [0.3, 0.4) is 0 Å². The second-order valence-corrected chi connectivity index (χ2v) is 27.6. The number of urea groups is 1. The van der Waals surface area contributed by atoms with Crippen molar-refractivity contribution < 1.29 is 65.7 Å². The molecule has 22 heteroatoms.